The molecule has 0 saturated heterocycles. The number of aromatic nitrogens is 3. The topological polar surface area (TPSA) is 150 Å². The number of non-ortho nitro benzene ring substituents is 1. The lowest BCUT2D eigenvalue weighted by molar-refractivity contribution is -0.384. The van der Waals surface area contributed by atoms with Gasteiger partial charge in [0, 0.05) is 24.8 Å². The van der Waals surface area contributed by atoms with Gasteiger partial charge < -0.3 is 14.6 Å². The molecule has 0 saturated carbocycles. The minimum Gasteiger partial charge on any atom is -0.456 e. The van der Waals surface area contributed by atoms with E-state index in [0.717, 1.165) is 6.07 Å². The molecule has 0 unspecified atom stereocenters. The first kappa shape index (κ1) is 20.9. The van der Waals surface area contributed by atoms with E-state index in [1.165, 1.54) is 12.1 Å². The second kappa shape index (κ2) is 9.56. The van der Waals surface area contributed by atoms with Crippen LogP contribution in [0.3, 0.4) is 0 Å². The number of ether oxygens (including phenoxy) is 1. The number of nitrogens with one attached hydrogen (secondary N) is 1. The highest BCUT2D eigenvalue weighted by Crippen LogP contribution is 2.26. The van der Waals surface area contributed by atoms with Crippen LogP contribution in [-0.2, 0) is 20.7 Å². The number of amides is 1. The number of halogens is 1. The number of nitro groups is 1. The van der Waals surface area contributed by atoms with Gasteiger partial charge in [0.15, 0.2) is 6.61 Å². The van der Waals surface area contributed by atoms with Crippen molar-refractivity contribution in [2.45, 2.75) is 12.8 Å². The minimum absolute atomic E-state index is 0.0102. The quantitative estimate of drug-likeness (QED) is 0.322. The van der Waals surface area contributed by atoms with Crippen LogP contribution in [0.2, 0.25) is 5.02 Å². The van der Waals surface area contributed by atoms with Crippen molar-refractivity contribution in [2.75, 3.05) is 11.9 Å². The number of benzene rings is 1. The molecule has 0 aliphatic heterocycles. The summed E-state index contributed by atoms with van der Waals surface area (Å²) in [5.74, 6) is -0.750. The number of nitrogens with zero attached hydrogens (tertiary/aromatic N) is 4. The summed E-state index contributed by atoms with van der Waals surface area (Å²) in [4.78, 5) is 42.0. The fourth-order valence-electron chi connectivity index (χ4n) is 2.29. The second-order valence-electron chi connectivity index (χ2n) is 5.86. The van der Waals surface area contributed by atoms with E-state index in [2.05, 4.69) is 20.4 Å². The summed E-state index contributed by atoms with van der Waals surface area (Å²) in [6.45, 7) is -0.546. The molecule has 2 heterocycles. The molecule has 2 aromatic heterocycles. The molecule has 1 amide bonds. The molecular formula is C18H14ClN5O6. The maximum absolute atomic E-state index is 11.9. The molecule has 0 spiro atoms. The minimum atomic E-state index is -0.644. The first-order chi connectivity index (χ1) is 14.4. The molecule has 154 valence electrons. The van der Waals surface area contributed by atoms with Crippen LogP contribution < -0.4 is 5.32 Å². The molecule has 1 N–H and O–H groups in total. The molecule has 0 aliphatic rings. The number of esters is 1. The Morgan fingerprint density at radius 2 is 2.10 bits per heavy atom. The van der Waals surface area contributed by atoms with Gasteiger partial charge in [0.25, 0.3) is 11.6 Å². The zero-order valence-electron chi connectivity index (χ0n) is 15.3. The van der Waals surface area contributed by atoms with Crippen molar-refractivity contribution >= 4 is 34.9 Å². The number of aryl methyl sites for hydroxylation is 1. The van der Waals surface area contributed by atoms with Gasteiger partial charge in [-0.25, -0.2) is 0 Å². The Balaban J connectivity index is 1.44. The van der Waals surface area contributed by atoms with Gasteiger partial charge >= 0.3 is 5.97 Å². The number of hydrogen-bond donors (Lipinski definition) is 1. The lowest BCUT2D eigenvalue weighted by atomic mass is 10.3. The molecule has 0 aliphatic carbocycles. The van der Waals surface area contributed by atoms with Crippen LogP contribution in [0, 0.1) is 10.1 Å². The van der Waals surface area contributed by atoms with Crippen LogP contribution in [-0.4, -0.2) is 38.5 Å². The van der Waals surface area contributed by atoms with Gasteiger partial charge in [0.2, 0.25) is 11.7 Å². The fourth-order valence-corrected chi connectivity index (χ4v) is 2.51. The highest BCUT2D eigenvalue weighted by atomic mass is 35.5. The predicted molar refractivity (Wildman–Crippen MR) is 104 cm³/mol. The third kappa shape index (κ3) is 5.58. The first-order valence-electron chi connectivity index (χ1n) is 8.56. The van der Waals surface area contributed by atoms with Crippen molar-refractivity contribution in [2.24, 2.45) is 0 Å². The summed E-state index contributed by atoms with van der Waals surface area (Å²) in [6.07, 6.45) is 1.65. The number of rotatable bonds is 8. The summed E-state index contributed by atoms with van der Waals surface area (Å²) in [5, 5.41) is 16.9. The summed E-state index contributed by atoms with van der Waals surface area (Å²) < 4.78 is 9.95. The monoisotopic (exact) mass is 431 g/mol. The molecule has 0 bridgehead atoms. The second-order valence-corrected chi connectivity index (χ2v) is 6.26. The van der Waals surface area contributed by atoms with E-state index in [4.69, 9.17) is 20.9 Å². The Morgan fingerprint density at radius 1 is 1.27 bits per heavy atom. The van der Waals surface area contributed by atoms with E-state index in [1.807, 2.05) is 0 Å². The van der Waals surface area contributed by atoms with Gasteiger partial charge in [-0.3, -0.25) is 24.7 Å². The molecule has 0 radical (unpaired) electrons. The number of carbonyl (C=O) groups is 2. The smallest absolute Gasteiger partial charge is 0.306 e. The van der Waals surface area contributed by atoms with E-state index in [9.17, 15) is 19.7 Å². The van der Waals surface area contributed by atoms with Gasteiger partial charge in [-0.2, -0.15) is 4.98 Å². The summed E-state index contributed by atoms with van der Waals surface area (Å²) >= 11 is 5.89. The molecule has 3 aromatic rings. The van der Waals surface area contributed by atoms with E-state index in [-0.39, 0.29) is 35.1 Å². The number of nitro benzene ring substituents is 1. The van der Waals surface area contributed by atoms with Gasteiger partial charge in [0.1, 0.15) is 5.69 Å². The Morgan fingerprint density at radius 3 is 2.80 bits per heavy atom. The van der Waals surface area contributed by atoms with Crippen LogP contribution in [0.5, 0.6) is 0 Å². The van der Waals surface area contributed by atoms with Gasteiger partial charge in [-0.15, -0.1) is 0 Å². The summed E-state index contributed by atoms with van der Waals surface area (Å²) in [6, 6.07) is 8.84. The van der Waals surface area contributed by atoms with Crippen molar-refractivity contribution in [3.63, 3.8) is 0 Å². The highest BCUT2D eigenvalue weighted by molar-refractivity contribution is 6.34. The average Bonchev–Trinajstić information content (AvgIpc) is 3.22. The molecule has 0 atom stereocenters. The van der Waals surface area contributed by atoms with E-state index in [1.54, 1.807) is 24.4 Å². The SMILES string of the molecule is O=C(COC(=O)CCc1nc(-c2ccccn2)no1)Nc1ccc([N+](=O)[O-])cc1Cl. The Labute approximate surface area is 174 Å². The lowest BCUT2D eigenvalue weighted by Gasteiger charge is -2.07. The summed E-state index contributed by atoms with van der Waals surface area (Å²) in [5.41, 5.74) is 0.490. The zero-order valence-corrected chi connectivity index (χ0v) is 16.0. The van der Waals surface area contributed by atoms with Crippen molar-refractivity contribution in [1.29, 1.82) is 0 Å². The van der Waals surface area contributed by atoms with Crippen LogP contribution in [0.1, 0.15) is 12.3 Å². The highest BCUT2D eigenvalue weighted by Gasteiger charge is 2.15. The van der Waals surface area contributed by atoms with E-state index in [0.29, 0.717) is 11.5 Å². The van der Waals surface area contributed by atoms with E-state index >= 15 is 0 Å². The van der Waals surface area contributed by atoms with Crippen molar-refractivity contribution < 1.29 is 23.8 Å². The Kier molecular flexibility index (Phi) is 6.65. The molecule has 3 rings (SSSR count). The van der Waals surface area contributed by atoms with Crippen LogP contribution in [0.15, 0.2) is 47.1 Å². The third-order valence-electron chi connectivity index (χ3n) is 3.71. The van der Waals surface area contributed by atoms with Gasteiger partial charge in [-0.05, 0) is 18.2 Å². The zero-order chi connectivity index (χ0) is 21.5. The van der Waals surface area contributed by atoms with Crippen LogP contribution in [0.4, 0.5) is 11.4 Å². The predicted octanol–water partition coefficient (Wildman–Crippen LogP) is 2.81. The van der Waals surface area contributed by atoms with E-state index < -0.39 is 23.4 Å². The fraction of sp³-hybridized carbons (Fsp3) is 0.167. The van der Waals surface area contributed by atoms with Crippen molar-refractivity contribution in [3.05, 3.63) is 63.6 Å². The number of carbonyl (C=O) groups excluding carboxylic acids is 2. The Hall–Kier alpha value is -3.86. The lowest BCUT2D eigenvalue weighted by Crippen LogP contribution is -2.21. The molecule has 12 heteroatoms. The van der Waals surface area contributed by atoms with Crippen LogP contribution >= 0.6 is 11.6 Å². The maximum Gasteiger partial charge on any atom is 0.306 e. The number of hydrogen-bond acceptors (Lipinski definition) is 9. The largest absolute Gasteiger partial charge is 0.456 e. The maximum atomic E-state index is 11.9. The molecule has 1 aromatic carbocycles. The van der Waals surface area contributed by atoms with Crippen molar-refractivity contribution in [1.82, 2.24) is 15.1 Å². The molecule has 30 heavy (non-hydrogen) atoms. The normalized spacial score (nSPS) is 10.4. The standard InChI is InChI=1S/C18H14ClN5O6/c19-12-9-11(24(27)28)4-5-13(12)21-15(25)10-29-17(26)7-6-16-22-18(23-30-16)14-3-1-2-8-20-14/h1-5,8-9H,6-7,10H2,(H,21,25). The molecule has 11 nitrogen and oxygen atoms in total. The van der Waals surface area contributed by atoms with Gasteiger partial charge in [0.05, 0.1) is 22.1 Å². The Bertz CT molecular complexity index is 1070. The van der Waals surface area contributed by atoms with Crippen LogP contribution in [0.25, 0.3) is 11.5 Å². The average molecular weight is 432 g/mol. The number of anilines is 1. The first-order valence-corrected chi connectivity index (χ1v) is 8.93. The third-order valence-corrected chi connectivity index (χ3v) is 4.02. The number of pyridine rings is 1. The summed E-state index contributed by atoms with van der Waals surface area (Å²) in [7, 11) is 0. The van der Waals surface area contributed by atoms with Gasteiger partial charge in [-0.1, -0.05) is 22.8 Å². The molecular weight excluding hydrogens is 418 g/mol. The van der Waals surface area contributed by atoms with Crippen molar-refractivity contribution in [3.8, 4) is 11.5 Å². The molecule has 0 fully saturated rings.